The lowest BCUT2D eigenvalue weighted by Crippen LogP contribution is -2.36. The topological polar surface area (TPSA) is 27.0 Å². The molecule has 0 saturated carbocycles. The van der Waals surface area contributed by atoms with E-state index in [1.807, 2.05) is 12.1 Å². The van der Waals surface area contributed by atoms with Gasteiger partial charge in [0.2, 0.25) is 0 Å². The first-order valence-corrected chi connectivity index (χ1v) is 7.75. The van der Waals surface area contributed by atoms with Crippen LogP contribution in [0.3, 0.4) is 0 Å². The Morgan fingerprint density at radius 2 is 1.85 bits per heavy atom. The van der Waals surface area contributed by atoms with Crippen LogP contribution in [0.25, 0.3) is 0 Å². The highest BCUT2D eigenvalue weighted by atomic mass is 15.2. The summed E-state index contributed by atoms with van der Waals surface area (Å²) in [7, 11) is 0. The lowest BCUT2D eigenvalue weighted by Gasteiger charge is -2.32. The van der Waals surface area contributed by atoms with Crippen molar-refractivity contribution < 1.29 is 0 Å². The normalized spacial score (nSPS) is 11.3. The van der Waals surface area contributed by atoms with Gasteiger partial charge >= 0.3 is 0 Å². The first-order chi connectivity index (χ1) is 9.51. The molecule has 1 aromatic rings. The van der Waals surface area contributed by atoms with E-state index < -0.39 is 0 Å². The maximum Gasteiger partial charge on any atom is 0.0991 e. The van der Waals surface area contributed by atoms with Crippen LogP contribution in [0.2, 0.25) is 0 Å². The molecule has 0 radical (unpaired) electrons. The number of nitriles is 1. The van der Waals surface area contributed by atoms with Crippen molar-refractivity contribution in [3.8, 4) is 6.07 Å². The highest BCUT2D eigenvalue weighted by Gasteiger charge is 2.17. The number of nitrogens with zero attached hydrogens (tertiary/aromatic N) is 2. The van der Waals surface area contributed by atoms with E-state index in [1.165, 1.54) is 24.0 Å². The zero-order valence-corrected chi connectivity index (χ0v) is 13.6. The van der Waals surface area contributed by atoms with Crippen molar-refractivity contribution >= 4 is 0 Å². The molecule has 0 spiro atoms. The summed E-state index contributed by atoms with van der Waals surface area (Å²) in [6, 6.07) is 8.90. The third-order valence-electron chi connectivity index (χ3n) is 3.90. The van der Waals surface area contributed by atoms with Gasteiger partial charge in [0, 0.05) is 19.1 Å². The average Bonchev–Trinajstić information content (AvgIpc) is 2.41. The van der Waals surface area contributed by atoms with Gasteiger partial charge in [0.1, 0.15) is 0 Å². The van der Waals surface area contributed by atoms with Gasteiger partial charge < -0.3 is 0 Å². The Kier molecular flexibility index (Phi) is 6.75. The molecule has 0 aliphatic heterocycles. The molecule has 0 unspecified atom stereocenters. The van der Waals surface area contributed by atoms with Crippen LogP contribution in [-0.2, 0) is 6.54 Å². The molecule has 0 amide bonds. The lowest BCUT2D eigenvalue weighted by atomic mass is 10.0. The van der Waals surface area contributed by atoms with Crippen LogP contribution in [0.15, 0.2) is 18.2 Å². The van der Waals surface area contributed by atoms with E-state index in [0.717, 1.165) is 18.7 Å². The number of aryl methyl sites for hydroxylation is 1. The molecule has 0 heterocycles. The average molecular weight is 272 g/mol. The Morgan fingerprint density at radius 1 is 1.20 bits per heavy atom. The molecule has 1 aromatic carbocycles. The van der Waals surface area contributed by atoms with Gasteiger partial charge in [-0.3, -0.25) is 4.90 Å². The van der Waals surface area contributed by atoms with E-state index in [1.54, 1.807) is 0 Å². The zero-order chi connectivity index (χ0) is 15.1. The van der Waals surface area contributed by atoms with Crippen LogP contribution in [0.5, 0.6) is 0 Å². The van der Waals surface area contributed by atoms with Crippen LogP contribution in [-0.4, -0.2) is 17.5 Å². The third kappa shape index (κ3) is 4.65. The van der Waals surface area contributed by atoms with Gasteiger partial charge in [-0.1, -0.05) is 33.8 Å². The SMILES string of the molecule is CCC(CC)N(Cc1ccc(C#N)cc1C)CC(C)C. The second-order valence-corrected chi connectivity index (χ2v) is 6.05. The summed E-state index contributed by atoms with van der Waals surface area (Å²) >= 11 is 0. The first-order valence-electron chi connectivity index (χ1n) is 7.75. The summed E-state index contributed by atoms with van der Waals surface area (Å²) in [6.45, 7) is 13.3. The van der Waals surface area contributed by atoms with E-state index in [2.05, 4.69) is 51.7 Å². The highest BCUT2D eigenvalue weighted by Crippen LogP contribution is 2.18. The number of hydrogen-bond acceptors (Lipinski definition) is 2. The van der Waals surface area contributed by atoms with Gasteiger partial charge in [0.15, 0.2) is 0 Å². The lowest BCUT2D eigenvalue weighted by molar-refractivity contribution is 0.157. The summed E-state index contributed by atoms with van der Waals surface area (Å²) in [5.74, 6) is 0.675. The Bertz CT molecular complexity index is 453. The molecule has 0 saturated heterocycles. The van der Waals surface area contributed by atoms with Crippen molar-refractivity contribution in [1.82, 2.24) is 4.90 Å². The zero-order valence-electron chi connectivity index (χ0n) is 13.6. The fourth-order valence-electron chi connectivity index (χ4n) is 2.78. The summed E-state index contributed by atoms with van der Waals surface area (Å²) in [4.78, 5) is 2.60. The Balaban J connectivity index is 2.91. The van der Waals surface area contributed by atoms with Gasteiger partial charge in [0.25, 0.3) is 0 Å². The molecule has 0 atom stereocenters. The molecule has 2 nitrogen and oxygen atoms in total. The Hall–Kier alpha value is -1.33. The van der Waals surface area contributed by atoms with E-state index in [4.69, 9.17) is 5.26 Å². The maximum atomic E-state index is 8.96. The molecule has 0 aliphatic carbocycles. The van der Waals surface area contributed by atoms with Crippen molar-refractivity contribution in [2.75, 3.05) is 6.54 Å². The first kappa shape index (κ1) is 16.7. The summed E-state index contributed by atoms with van der Waals surface area (Å²) in [5, 5.41) is 8.96. The minimum Gasteiger partial charge on any atom is -0.296 e. The maximum absolute atomic E-state index is 8.96. The van der Waals surface area contributed by atoms with Crippen molar-refractivity contribution in [3.63, 3.8) is 0 Å². The van der Waals surface area contributed by atoms with Crippen LogP contribution in [0.4, 0.5) is 0 Å². The largest absolute Gasteiger partial charge is 0.296 e. The minimum atomic E-state index is 0.646. The van der Waals surface area contributed by atoms with Gasteiger partial charge in [0.05, 0.1) is 11.6 Å². The molecule has 2 heteroatoms. The quantitative estimate of drug-likeness (QED) is 0.730. The van der Waals surface area contributed by atoms with Crippen molar-refractivity contribution in [2.24, 2.45) is 5.92 Å². The summed E-state index contributed by atoms with van der Waals surface area (Å²) in [6.07, 6.45) is 2.39. The predicted octanol–water partition coefficient (Wildman–Crippen LogP) is 4.51. The molecule has 0 aromatic heterocycles. The van der Waals surface area contributed by atoms with Gasteiger partial charge in [-0.25, -0.2) is 0 Å². The molecule has 0 N–H and O–H groups in total. The Labute approximate surface area is 124 Å². The van der Waals surface area contributed by atoms with Crippen LogP contribution in [0.1, 0.15) is 57.2 Å². The van der Waals surface area contributed by atoms with Crippen molar-refractivity contribution in [1.29, 1.82) is 5.26 Å². The van der Waals surface area contributed by atoms with E-state index in [0.29, 0.717) is 12.0 Å². The fourth-order valence-corrected chi connectivity index (χ4v) is 2.78. The van der Waals surface area contributed by atoms with Gasteiger partial charge in [-0.2, -0.15) is 5.26 Å². The predicted molar refractivity (Wildman–Crippen MR) is 85.5 cm³/mol. The molecule has 110 valence electrons. The molecular weight excluding hydrogens is 244 g/mol. The van der Waals surface area contributed by atoms with Gasteiger partial charge in [-0.15, -0.1) is 0 Å². The summed E-state index contributed by atoms with van der Waals surface area (Å²) in [5.41, 5.74) is 3.32. The van der Waals surface area contributed by atoms with Crippen LogP contribution in [0, 0.1) is 24.2 Å². The summed E-state index contributed by atoms with van der Waals surface area (Å²) < 4.78 is 0. The fraction of sp³-hybridized carbons (Fsp3) is 0.611. The van der Waals surface area contributed by atoms with E-state index in [-0.39, 0.29) is 0 Å². The molecule has 0 bridgehead atoms. The molecule has 0 aliphatic rings. The number of hydrogen-bond donors (Lipinski definition) is 0. The minimum absolute atomic E-state index is 0.646. The standard InChI is InChI=1S/C18H28N2/c1-6-18(7-2)20(12-14(3)4)13-17-9-8-16(11-19)10-15(17)5/h8-10,14,18H,6-7,12-13H2,1-5H3. The third-order valence-corrected chi connectivity index (χ3v) is 3.90. The second kappa shape index (κ2) is 8.07. The smallest absolute Gasteiger partial charge is 0.0991 e. The number of benzene rings is 1. The second-order valence-electron chi connectivity index (χ2n) is 6.05. The molecule has 0 fully saturated rings. The highest BCUT2D eigenvalue weighted by molar-refractivity contribution is 5.37. The van der Waals surface area contributed by atoms with Crippen molar-refractivity contribution in [2.45, 2.75) is 60.0 Å². The van der Waals surface area contributed by atoms with E-state index >= 15 is 0 Å². The molecule has 20 heavy (non-hydrogen) atoms. The van der Waals surface area contributed by atoms with E-state index in [9.17, 15) is 0 Å². The van der Waals surface area contributed by atoms with Crippen LogP contribution < -0.4 is 0 Å². The number of rotatable bonds is 7. The molecule has 1 rings (SSSR count). The molecular formula is C18H28N2. The van der Waals surface area contributed by atoms with Crippen molar-refractivity contribution in [3.05, 3.63) is 34.9 Å². The Morgan fingerprint density at radius 3 is 2.30 bits per heavy atom. The van der Waals surface area contributed by atoms with Gasteiger partial charge in [-0.05, 0) is 48.9 Å². The van der Waals surface area contributed by atoms with Crippen LogP contribution >= 0.6 is 0 Å². The monoisotopic (exact) mass is 272 g/mol.